The molecule has 0 aliphatic heterocycles. The van der Waals surface area contributed by atoms with E-state index >= 15 is 0 Å². The van der Waals surface area contributed by atoms with Crippen molar-refractivity contribution in [3.05, 3.63) is 28.8 Å². The number of rotatable bonds is 3. The average Bonchev–Trinajstić information content (AvgIpc) is 2.80. The number of aryl methyl sites for hydroxylation is 2. The Morgan fingerprint density at radius 1 is 1.28 bits per heavy atom. The Balaban J connectivity index is 2.39. The summed E-state index contributed by atoms with van der Waals surface area (Å²) in [5.41, 5.74) is 3.39. The smallest absolute Gasteiger partial charge is 0.307 e. The molecule has 0 aromatic heterocycles. The molecule has 0 heterocycles. The quantitative estimate of drug-likeness (QED) is 0.893. The minimum absolute atomic E-state index is 0.159. The number of methoxy groups -OCH3 is 1. The van der Waals surface area contributed by atoms with Crippen molar-refractivity contribution >= 4 is 5.97 Å². The van der Waals surface area contributed by atoms with Crippen LogP contribution in [-0.4, -0.2) is 18.2 Å². The summed E-state index contributed by atoms with van der Waals surface area (Å²) in [5.74, 6) is 0.148. The number of aliphatic carboxylic acids is 1. The highest BCUT2D eigenvalue weighted by Gasteiger charge is 2.34. The third kappa shape index (κ3) is 2.22. The van der Waals surface area contributed by atoms with Crippen molar-refractivity contribution in [2.45, 2.75) is 39.0 Å². The molecule has 0 bridgehead atoms. The summed E-state index contributed by atoms with van der Waals surface area (Å²) in [6.45, 7) is 4.04. The second kappa shape index (κ2) is 5.01. The van der Waals surface area contributed by atoms with E-state index in [-0.39, 0.29) is 11.8 Å². The van der Waals surface area contributed by atoms with Crippen LogP contribution in [0, 0.1) is 19.8 Å². The molecule has 1 N–H and O–H groups in total. The summed E-state index contributed by atoms with van der Waals surface area (Å²) >= 11 is 0. The molecule has 0 saturated heterocycles. The van der Waals surface area contributed by atoms with E-state index in [4.69, 9.17) is 4.74 Å². The van der Waals surface area contributed by atoms with E-state index in [1.54, 1.807) is 7.11 Å². The molecule has 1 aromatic carbocycles. The van der Waals surface area contributed by atoms with Gasteiger partial charge in [0.2, 0.25) is 0 Å². The van der Waals surface area contributed by atoms with Crippen molar-refractivity contribution < 1.29 is 14.6 Å². The van der Waals surface area contributed by atoms with Crippen molar-refractivity contribution in [3.8, 4) is 5.75 Å². The van der Waals surface area contributed by atoms with Crippen LogP contribution in [0.25, 0.3) is 0 Å². The zero-order valence-electron chi connectivity index (χ0n) is 11.2. The summed E-state index contributed by atoms with van der Waals surface area (Å²) < 4.78 is 5.30. The minimum Gasteiger partial charge on any atom is -0.496 e. The van der Waals surface area contributed by atoms with Crippen LogP contribution in [0.4, 0.5) is 0 Å². The van der Waals surface area contributed by atoms with Gasteiger partial charge in [-0.3, -0.25) is 4.79 Å². The Bertz CT molecular complexity index is 465. The van der Waals surface area contributed by atoms with E-state index in [2.05, 4.69) is 6.07 Å². The first-order chi connectivity index (χ1) is 8.54. The molecule has 0 amide bonds. The molecule has 1 fully saturated rings. The molecular formula is C15H20O3. The van der Waals surface area contributed by atoms with Crippen molar-refractivity contribution in [1.82, 2.24) is 0 Å². The predicted molar refractivity (Wildman–Crippen MR) is 70.2 cm³/mol. The summed E-state index contributed by atoms with van der Waals surface area (Å²) in [6, 6.07) is 4.11. The molecule has 2 rings (SSSR count). The van der Waals surface area contributed by atoms with Gasteiger partial charge in [-0.05, 0) is 55.4 Å². The molecule has 0 spiro atoms. The second-order valence-electron chi connectivity index (χ2n) is 5.16. The fourth-order valence-corrected chi connectivity index (χ4v) is 3.06. The molecule has 2 atom stereocenters. The van der Waals surface area contributed by atoms with Crippen LogP contribution >= 0.6 is 0 Å². The summed E-state index contributed by atoms with van der Waals surface area (Å²) in [6.07, 6.45) is 2.78. The standard InChI is InChI=1S/C15H20O3/c1-9-8-14(18-3)10(2)7-13(9)11-5-4-6-12(11)15(16)17/h7-8,11-12H,4-6H2,1-3H3,(H,16,17). The van der Waals surface area contributed by atoms with Crippen LogP contribution in [0.3, 0.4) is 0 Å². The number of hydrogen-bond donors (Lipinski definition) is 1. The van der Waals surface area contributed by atoms with Gasteiger partial charge in [0.05, 0.1) is 13.0 Å². The van der Waals surface area contributed by atoms with Crippen LogP contribution in [0.1, 0.15) is 41.9 Å². The van der Waals surface area contributed by atoms with Crippen LogP contribution in [-0.2, 0) is 4.79 Å². The lowest BCUT2D eigenvalue weighted by atomic mass is 9.85. The highest BCUT2D eigenvalue weighted by Crippen LogP contribution is 2.42. The molecule has 1 aromatic rings. The molecule has 3 nitrogen and oxygen atoms in total. The molecule has 0 radical (unpaired) electrons. The molecule has 18 heavy (non-hydrogen) atoms. The van der Waals surface area contributed by atoms with E-state index in [0.29, 0.717) is 0 Å². The number of carbonyl (C=O) groups is 1. The maximum Gasteiger partial charge on any atom is 0.307 e. The zero-order chi connectivity index (χ0) is 13.3. The maximum atomic E-state index is 11.3. The van der Waals surface area contributed by atoms with Gasteiger partial charge in [0, 0.05) is 0 Å². The first kappa shape index (κ1) is 12.9. The summed E-state index contributed by atoms with van der Waals surface area (Å²) in [7, 11) is 1.66. The number of hydrogen-bond acceptors (Lipinski definition) is 2. The van der Waals surface area contributed by atoms with Crippen molar-refractivity contribution in [3.63, 3.8) is 0 Å². The second-order valence-corrected chi connectivity index (χ2v) is 5.16. The maximum absolute atomic E-state index is 11.3. The van der Waals surface area contributed by atoms with Gasteiger partial charge in [0.15, 0.2) is 0 Å². The van der Waals surface area contributed by atoms with Gasteiger partial charge in [0.25, 0.3) is 0 Å². The molecule has 1 aliphatic carbocycles. The van der Waals surface area contributed by atoms with Gasteiger partial charge in [-0.2, -0.15) is 0 Å². The average molecular weight is 248 g/mol. The zero-order valence-corrected chi connectivity index (χ0v) is 11.2. The Hall–Kier alpha value is -1.51. The van der Waals surface area contributed by atoms with Crippen LogP contribution in [0.15, 0.2) is 12.1 Å². The SMILES string of the molecule is COc1cc(C)c(C2CCCC2C(=O)O)cc1C. The Labute approximate surface area is 108 Å². The first-order valence-electron chi connectivity index (χ1n) is 6.42. The Kier molecular flexibility index (Phi) is 3.60. The van der Waals surface area contributed by atoms with Gasteiger partial charge >= 0.3 is 5.97 Å². The van der Waals surface area contributed by atoms with Gasteiger partial charge in [-0.15, -0.1) is 0 Å². The van der Waals surface area contributed by atoms with Gasteiger partial charge in [-0.1, -0.05) is 12.5 Å². The normalized spacial score (nSPS) is 23.1. The topological polar surface area (TPSA) is 46.5 Å². The van der Waals surface area contributed by atoms with Gasteiger partial charge in [-0.25, -0.2) is 0 Å². The van der Waals surface area contributed by atoms with Crippen molar-refractivity contribution in [2.24, 2.45) is 5.92 Å². The number of ether oxygens (including phenoxy) is 1. The molecule has 2 unspecified atom stereocenters. The number of benzene rings is 1. The van der Waals surface area contributed by atoms with Crippen LogP contribution in [0.5, 0.6) is 5.75 Å². The molecule has 1 saturated carbocycles. The summed E-state index contributed by atoms with van der Waals surface area (Å²) in [4.78, 5) is 11.3. The third-order valence-corrected chi connectivity index (χ3v) is 4.02. The highest BCUT2D eigenvalue weighted by atomic mass is 16.5. The van der Waals surface area contributed by atoms with E-state index in [1.807, 2.05) is 19.9 Å². The lowest BCUT2D eigenvalue weighted by Gasteiger charge is -2.20. The van der Waals surface area contributed by atoms with Crippen molar-refractivity contribution in [1.29, 1.82) is 0 Å². The third-order valence-electron chi connectivity index (χ3n) is 4.02. The molecule has 3 heteroatoms. The predicted octanol–water partition coefficient (Wildman–Crippen LogP) is 3.28. The Morgan fingerprint density at radius 3 is 2.61 bits per heavy atom. The van der Waals surface area contributed by atoms with Gasteiger partial charge in [0.1, 0.15) is 5.75 Å². The van der Waals surface area contributed by atoms with E-state index < -0.39 is 5.97 Å². The van der Waals surface area contributed by atoms with E-state index in [0.717, 1.165) is 36.1 Å². The fourth-order valence-electron chi connectivity index (χ4n) is 3.06. The summed E-state index contributed by atoms with van der Waals surface area (Å²) in [5, 5.41) is 9.28. The lowest BCUT2D eigenvalue weighted by Crippen LogP contribution is -2.17. The molecular weight excluding hydrogens is 228 g/mol. The largest absolute Gasteiger partial charge is 0.496 e. The van der Waals surface area contributed by atoms with Crippen LogP contribution in [0.2, 0.25) is 0 Å². The van der Waals surface area contributed by atoms with Crippen LogP contribution < -0.4 is 4.74 Å². The first-order valence-corrected chi connectivity index (χ1v) is 6.42. The number of carboxylic acids is 1. The lowest BCUT2D eigenvalue weighted by molar-refractivity contribution is -0.142. The van der Waals surface area contributed by atoms with E-state index in [1.165, 1.54) is 5.56 Å². The van der Waals surface area contributed by atoms with E-state index in [9.17, 15) is 9.90 Å². The van der Waals surface area contributed by atoms with Crippen molar-refractivity contribution in [2.75, 3.05) is 7.11 Å². The van der Waals surface area contributed by atoms with Gasteiger partial charge < -0.3 is 9.84 Å². The monoisotopic (exact) mass is 248 g/mol. The fraction of sp³-hybridized carbons (Fsp3) is 0.533. The molecule has 1 aliphatic rings. The highest BCUT2D eigenvalue weighted by molar-refractivity contribution is 5.72. The minimum atomic E-state index is -0.662. The number of carboxylic acid groups (broad SMARTS) is 1. The Morgan fingerprint density at radius 2 is 2.00 bits per heavy atom. The molecule has 98 valence electrons.